The molecule has 0 atom stereocenters. The maximum atomic E-state index is 5.37. The number of ether oxygens (including phenoxy) is 1. The molecular formula is C21H27N3O. The Hall–Kier alpha value is -2.33. The quantitative estimate of drug-likeness (QED) is 0.782. The van der Waals surface area contributed by atoms with Crippen LogP contribution in [0.2, 0.25) is 0 Å². The van der Waals surface area contributed by atoms with Gasteiger partial charge in [-0.2, -0.15) is 5.10 Å². The number of hydrogen-bond acceptors (Lipinski definition) is 4. The Kier molecular flexibility index (Phi) is 5.71. The molecule has 0 N–H and O–H groups in total. The molecule has 0 amide bonds. The number of methoxy groups -OCH3 is 1. The lowest BCUT2D eigenvalue weighted by molar-refractivity contribution is 0.131. The molecule has 1 aliphatic heterocycles. The van der Waals surface area contributed by atoms with E-state index in [0.717, 1.165) is 44.0 Å². The molecule has 4 heteroatoms. The molecule has 2 aromatic rings. The number of nitrogens with zero attached hydrogens (tertiary/aromatic N) is 3. The summed E-state index contributed by atoms with van der Waals surface area (Å²) in [5, 5.41) is 6.78. The number of benzene rings is 2. The summed E-state index contributed by atoms with van der Waals surface area (Å²) < 4.78 is 5.37. The van der Waals surface area contributed by atoms with E-state index in [4.69, 9.17) is 4.74 Å². The van der Waals surface area contributed by atoms with Crippen molar-refractivity contribution >= 4 is 6.21 Å². The van der Waals surface area contributed by atoms with Crippen molar-refractivity contribution in [1.29, 1.82) is 0 Å². The summed E-state index contributed by atoms with van der Waals surface area (Å²) in [4.78, 5) is 2.51. The first-order chi connectivity index (χ1) is 12.2. The summed E-state index contributed by atoms with van der Waals surface area (Å²) >= 11 is 0. The summed E-state index contributed by atoms with van der Waals surface area (Å²) in [6.45, 7) is 9.36. The molecule has 2 aromatic carbocycles. The number of aryl methyl sites for hydroxylation is 2. The predicted molar refractivity (Wildman–Crippen MR) is 103 cm³/mol. The van der Waals surface area contributed by atoms with Gasteiger partial charge < -0.3 is 4.74 Å². The van der Waals surface area contributed by atoms with Crippen LogP contribution in [0.15, 0.2) is 47.6 Å². The summed E-state index contributed by atoms with van der Waals surface area (Å²) in [5.74, 6) is 0.861. The molecule has 132 valence electrons. The fourth-order valence-corrected chi connectivity index (χ4v) is 3.19. The van der Waals surface area contributed by atoms with Crippen molar-refractivity contribution in [2.75, 3.05) is 33.3 Å². The van der Waals surface area contributed by atoms with Crippen molar-refractivity contribution < 1.29 is 4.74 Å². The van der Waals surface area contributed by atoms with Gasteiger partial charge in [-0.15, -0.1) is 0 Å². The molecule has 0 spiro atoms. The molecule has 1 heterocycles. The van der Waals surface area contributed by atoms with Crippen LogP contribution in [0.3, 0.4) is 0 Å². The van der Waals surface area contributed by atoms with Crippen molar-refractivity contribution in [3.8, 4) is 5.75 Å². The minimum absolute atomic E-state index is 0.861. The van der Waals surface area contributed by atoms with Gasteiger partial charge in [-0.25, -0.2) is 0 Å². The van der Waals surface area contributed by atoms with Gasteiger partial charge in [0.15, 0.2) is 0 Å². The Balaban J connectivity index is 1.54. The van der Waals surface area contributed by atoms with Crippen LogP contribution in [0.4, 0.5) is 0 Å². The van der Waals surface area contributed by atoms with Crippen molar-refractivity contribution in [3.05, 3.63) is 64.7 Å². The van der Waals surface area contributed by atoms with Crippen molar-refractivity contribution in [1.82, 2.24) is 9.91 Å². The highest BCUT2D eigenvalue weighted by Crippen LogP contribution is 2.16. The van der Waals surface area contributed by atoms with Gasteiger partial charge in [-0.05, 0) is 37.1 Å². The van der Waals surface area contributed by atoms with Crippen LogP contribution >= 0.6 is 0 Å². The summed E-state index contributed by atoms with van der Waals surface area (Å²) in [6, 6.07) is 14.7. The van der Waals surface area contributed by atoms with E-state index in [0.29, 0.717) is 0 Å². The largest absolute Gasteiger partial charge is 0.496 e. The molecule has 3 rings (SSSR count). The van der Waals surface area contributed by atoms with E-state index >= 15 is 0 Å². The number of hydrazone groups is 1. The second-order valence-corrected chi connectivity index (χ2v) is 6.65. The third-order valence-corrected chi connectivity index (χ3v) is 4.74. The molecule has 0 unspecified atom stereocenters. The zero-order chi connectivity index (χ0) is 17.6. The second-order valence-electron chi connectivity index (χ2n) is 6.65. The van der Waals surface area contributed by atoms with E-state index in [-0.39, 0.29) is 0 Å². The highest BCUT2D eigenvalue weighted by atomic mass is 16.5. The smallest absolute Gasteiger partial charge is 0.127 e. The van der Waals surface area contributed by atoms with E-state index in [1.54, 1.807) is 7.11 Å². The average molecular weight is 337 g/mol. The van der Waals surface area contributed by atoms with Gasteiger partial charge in [0.2, 0.25) is 0 Å². The second kappa shape index (κ2) is 8.17. The zero-order valence-corrected chi connectivity index (χ0v) is 15.4. The third kappa shape index (κ3) is 4.60. The van der Waals surface area contributed by atoms with E-state index in [1.165, 1.54) is 16.7 Å². The lowest BCUT2D eigenvalue weighted by Crippen LogP contribution is -2.43. The molecule has 1 aliphatic rings. The minimum atomic E-state index is 0.861. The Morgan fingerprint density at radius 3 is 2.52 bits per heavy atom. The van der Waals surface area contributed by atoms with Crippen LogP contribution in [-0.2, 0) is 6.54 Å². The Bertz CT molecular complexity index is 734. The van der Waals surface area contributed by atoms with Gasteiger partial charge >= 0.3 is 0 Å². The fraction of sp³-hybridized carbons (Fsp3) is 0.381. The van der Waals surface area contributed by atoms with Crippen LogP contribution in [0.5, 0.6) is 5.75 Å². The van der Waals surface area contributed by atoms with Crippen LogP contribution in [0, 0.1) is 13.8 Å². The maximum absolute atomic E-state index is 5.37. The van der Waals surface area contributed by atoms with E-state index in [1.807, 2.05) is 30.5 Å². The molecular weight excluding hydrogens is 310 g/mol. The SMILES string of the molecule is COc1ccccc1/C=N\N1CCN(Cc2ccc(C)cc2C)CC1. The Morgan fingerprint density at radius 1 is 1.04 bits per heavy atom. The third-order valence-electron chi connectivity index (χ3n) is 4.74. The number of hydrogen-bond donors (Lipinski definition) is 0. The molecule has 25 heavy (non-hydrogen) atoms. The van der Waals surface area contributed by atoms with E-state index < -0.39 is 0 Å². The Morgan fingerprint density at radius 2 is 1.80 bits per heavy atom. The molecule has 0 aromatic heterocycles. The molecule has 0 radical (unpaired) electrons. The molecule has 4 nitrogen and oxygen atoms in total. The standard InChI is InChI=1S/C21H27N3O/c1-17-8-9-20(18(2)14-17)16-23-10-12-24(13-11-23)22-15-19-6-4-5-7-21(19)25-3/h4-9,14-15H,10-13,16H2,1-3H3/b22-15-. The number of rotatable bonds is 5. The molecule has 1 fully saturated rings. The summed E-state index contributed by atoms with van der Waals surface area (Å²) in [7, 11) is 1.69. The summed E-state index contributed by atoms with van der Waals surface area (Å²) in [5.41, 5.74) is 5.16. The molecule has 1 saturated heterocycles. The summed E-state index contributed by atoms with van der Waals surface area (Å²) in [6.07, 6.45) is 1.90. The predicted octanol–water partition coefficient (Wildman–Crippen LogP) is 3.46. The van der Waals surface area contributed by atoms with Crippen LogP contribution in [0.1, 0.15) is 22.3 Å². The van der Waals surface area contributed by atoms with E-state index in [2.05, 4.69) is 47.1 Å². The van der Waals surface area contributed by atoms with Crippen molar-refractivity contribution in [3.63, 3.8) is 0 Å². The van der Waals surface area contributed by atoms with Gasteiger partial charge in [0.25, 0.3) is 0 Å². The highest BCUT2D eigenvalue weighted by Gasteiger charge is 2.16. The minimum Gasteiger partial charge on any atom is -0.496 e. The molecule has 0 aliphatic carbocycles. The first kappa shape index (κ1) is 17.5. The zero-order valence-electron chi connectivity index (χ0n) is 15.4. The van der Waals surface area contributed by atoms with Gasteiger partial charge in [0, 0.05) is 38.3 Å². The average Bonchev–Trinajstić information content (AvgIpc) is 2.63. The first-order valence-electron chi connectivity index (χ1n) is 8.86. The monoisotopic (exact) mass is 337 g/mol. The fourth-order valence-electron chi connectivity index (χ4n) is 3.19. The lowest BCUT2D eigenvalue weighted by atomic mass is 10.1. The van der Waals surface area contributed by atoms with Crippen LogP contribution in [-0.4, -0.2) is 49.4 Å². The van der Waals surface area contributed by atoms with Gasteiger partial charge in [0.05, 0.1) is 13.3 Å². The normalized spacial score (nSPS) is 15.7. The maximum Gasteiger partial charge on any atom is 0.127 e. The van der Waals surface area contributed by atoms with Gasteiger partial charge in [-0.3, -0.25) is 9.91 Å². The van der Waals surface area contributed by atoms with Crippen molar-refractivity contribution in [2.45, 2.75) is 20.4 Å². The Labute approximate surface area is 150 Å². The first-order valence-corrected chi connectivity index (χ1v) is 8.86. The molecule has 0 bridgehead atoms. The van der Waals surface area contributed by atoms with E-state index in [9.17, 15) is 0 Å². The lowest BCUT2D eigenvalue weighted by Gasteiger charge is -2.33. The van der Waals surface area contributed by atoms with Gasteiger partial charge in [-0.1, -0.05) is 35.9 Å². The van der Waals surface area contributed by atoms with Crippen LogP contribution in [0.25, 0.3) is 0 Å². The number of piperazine rings is 1. The highest BCUT2D eigenvalue weighted by molar-refractivity contribution is 5.83. The van der Waals surface area contributed by atoms with Gasteiger partial charge in [0.1, 0.15) is 5.75 Å². The van der Waals surface area contributed by atoms with Crippen LogP contribution < -0.4 is 4.74 Å². The molecule has 0 saturated carbocycles. The topological polar surface area (TPSA) is 28.1 Å². The van der Waals surface area contributed by atoms with Crippen molar-refractivity contribution in [2.24, 2.45) is 5.10 Å². The number of para-hydroxylation sites is 1.